The second kappa shape index (κ2) is 12.6. The third-order valence-electron chi connectivity index (χ3n) is 9.86. The Hall–Kier alpha value is -1.79. The van der Waals surface area contributed by atoms with E-state index in [1.165, 1.54) is 32.1 Å². The van der Waals surface area contributed by atoms with Crippen molar-refractivity contribution in [2.75, 3.05) is 32.7 Å². The lowest BCUT2D eigenvalue weighted by Gasteiger charge is -2.46. The Morgan fingerprint density at radius 2 is 1.61 bits per heavy atom. The van der Waals surface area contributed by atoms with Gasteiger partial charge in [0.1, 0.15) is 5.60 Å². The number of amides is 2. The number of halogens is 1. The van der Waals surface area contributed by atoms with Crippen LogP contribution < -0.4 is 0 Å². The molecule has 3 heterocycles. The van der Waals surface area contributed by atoms with Crippen LogP contribution >= 0.6 is 12.4 Å². The summed E-state index contributed by atoms with van der Waals surface area (Å²) in [5.74, 6) is 0.831. The Bertz CT molecular complexity index is 943. The van der Waals surface area contributed by atoms with Crippen LogP contribution in [0.15, 0.2) is 18.2 Å². The zero-order chi connectivity index (χ0) is 26.0. The van der Waals surface area contributed by atoms with Crippen LogP contribution in [0.25, 0.3) is 0 Å². The quantitative estimate of drug-likeness (QED) is 0.417. The minimum absolute atomic E-state index is 0. The van der Waals surface area contributed by atoms with E-state index in [-0.39, 0.29) is 36.1 Å². The number of hydrogen-bond acceptors (Lipinski definition) is 4. The Morgan fingerprint density at radius 1 is 0.974 bits per heavy atom. The molecule has 4 fully saturated rings. The van der Waals surface area contributed by atoms with E-state index in [2.05, 4.69) is 21.6 Å². The van der Waals surface area contributed by atoms with Crippen molar-refractivity contribution in [3.8, 4) is 0 Å². The van der Waals surface area contributed by atoms with E-state index >= 15 is 0 Å². The molecule has 0 N–H and O–H groups in total. The zero-order valence-corrected chi connectivity index (χ0v) is 24.6. The van der Waals surface area contributed by atoms with Crippen LogP contribution in [0.2, 0.25) is 0 Å². The van der Waals surface area contributed by atoms with Crippen molar-refractivity contribution in [1.29, 1.82) is 0 Å². The lowest BCUT2D eigenvalue weighted by atomic mass is 9.80. The fourth-order valence-corrected chi connectivity index (χ4v) is 7.70. The molecular weight excluding hydrogens is 498 g/mol. The van der Waals surface area contributed by atoms with Crippen molar-refractivity contribution >= 4 is 24.4 Å². The third-order valence-corrected chi connectivity index (χ3v) is 9.86. The average molecular weight is 546 g/mol. The first kappa shape index (κ1) is 29.2. The standard InChI is InChI=1S/C31H47N3O3.ClH/c1-4-9-27-31(37-30(36)34(27)22-25-12-6-5-7-13-25)16-20-32(21-17-31)26-14-18-33(19-15-26)29(35)28-23(2)10-8-11-24(28)3;/h8,10-11,25-27H,4-7,9,12-22H2,1-3H3;1H. The smallest absolute Gasteiger partial charge is 0.410 e. The fraction of sp³-hybridized carbons (Fsp3) is 0.742. The Kier molecular flexibility index (Phi) is 9.67. The summed E-state index contributed by atoms with van der Waals surface area (Å²) in [5, 5.41) is 0. The zero-order valence-electron chi connectivity index (χ0n) is 23.8. The Labute approximate surface area is 235 Å². The summed E-state index contributed by atoms with van der Waals surface area (Å²) in [6.45, 7) is 10.8. The highest BCUT2D eigenvalue weighted by Gasteiger charge is 2.55. The molecule has 1 atom stereocenters. The number of benzene rings is 1. The van der Waals surface area contributed by atoms with E-state index in [0.717, 1.165) is 87.9 Å². The van der Waals surface area contributed by atoms with Gasteiger partial charge in [-0.3, -0.25) is 9.69 Å². The number of piperidine rings is 2. The minimum atomic E-state index is -0.308. The van der Waals surface area contributed by atoms with Gasteiger partial charge in [-0.05, 0) is 63.0 Å². The Balaban J connectivity index is 0.00000336. The topological polar surface area (TPSA) is 53.1 Å². The molecule has 3 aliphatic heterocycles. The summed E-state index contributed by atoms with van der Waals surface area (Å²) < 4.78 is 6.27. The van der Waals surface area contributed by atoms with Crippen LogP contribution in [0.5, 0.6) is 0 Å². The van der Waals surface area contributed by atoms with Crippen LogP contribution in [-0.2, 0) is 4.74 Å². The van der Waals surface area contributed by atoms with E-state index in [0.29, 0.717) is 12.0 Å². The molecule has 1 aromatic carbocycles. The molecule has 1 spiro atoms. The molecule has 0 radical (unpaired) electrons. The monoisotopic (exact) mass is 545 g/mol. The van der Waals surface area contributed by atoms with Crippen molar-refractivity contribution < 1.29 is 14.3 Å². The Morgan fingerprint density at radius 3 is 2.21 bits per heavy atom. The predicted octanol–water partition coefficient (Wildman–Crippen LogP) is 6.37. The molecule has 5 rings (SSSR count). The van der Waals surface area contributed by atoms with Crippen molar-refractivity contribution in [1.82, 2.24) is 14.7 Å². The molecule has 212 valence electrons. The first-order valence-corrected chi connectivity index (χ1v) is 15.0. The molecule has 1 saturated carbocycles. The fourth-order valence-electron chi connectivity index (χ4n) is 7.70. The SMILES string of the molecule is CCCC1N(CC2CCCCC2)C(=O)OC12CCN(C1CCN(C(=O)c3c(C)cccc3C)CC1)CC2.Cl. The van der Waals surface area contributed by atoms with Gasteiger partial charge in [0.15, 0.2) is 0 Å². The summed E-state index contributed by atoms with van der Waals surface area (Å²) in [5.41, 5.74) is 2.71. The second-order valence-electron chi connectivity index (χ2n) is 12.2. The number of aryl methyl sites for hydroxylation is 2. The maximum Gasteiger partial charge on any atom is 0.410 e. The van der Waals surface area contributed by atoms with Gasteiger partial charge in [0, 0.05) is 57.2 Å². The average Bonchev–Trinajstić information content (AvgIpc) is 3.15. The lowest BCUT2D eigenvalue weighted by molar-refractivity contribution is -0.0383. The van der Waals surface area contributed by atoms with Crippen LogP contribution in [0, 0.1) is 19.8 Å². The van der Waals surface area contributed by atoms with Crippen molar-refractivity contribution in [3.63, 3.8) is 0 Å². The number of carbonyl (C=O) groups is 2. The van der Waals surface area contributed by atoms with E-state index in [9.17, 15) is 9.59 Å². The molecule has 6 nitrogen and oxygen atoms in total. The van der Waals surface area contributed by atoms with E-state index < -0.39 is 0 Å². The maximum absolute atomic E-state index is 13.3. The van der Waals surface area contributed by atoms with Crippen molar-refractivity contribution in [2.45, 2.75) is 109 Å². The van der Waals surface area contributed by atoms with Gasteiger partial charge < -0.3 is 14.5 Å². The van der Waals surface area contributed by atoms with Gasteiger partial charge >= 0.3 is 6.09 Å². The largest absolute Gasteiger partial charge is 0.440 e. The molecule has 1 unspecified atom stereocenters. The molecule has 7 heteroatoms. The molecule has 2 amide bonds. The van der Waals surface area contributed by atoms with Crippen LogP contribution in [-0.4, -0.2) is 77.1 Å². The van der Waals surface area contributed by atoms with Crippen molar-refractivity contribution in [2.24, 2.45) is 5.92 Å². The first-order chi connectivity index (χ1) is 17.9. The number of ether oxygens (including phenoxy) is 1. The highest BCUT2D eigenvalue weighted by atomic mass is 35.5. The molecule has 38 heavy (non-hydrogen) atoms. The lowest BCUT2D eigenvalue weighted by Crippen LogP contribution is -2.56. The van der Waals surface area contributed by atoms with Gasteiger partial charge in [-0.1, -0.05) is 50.8 Å². The van der Waals surface area contributed by atoms with Gasteiger partial charge in [-0.25, -0.2) is 4.79 Å². The molecule has 3 saturated heterocycles. The number of carbonyl (C=O) groups excluding carboxylic acids is 2. The number of nitrogens with zero attached hydrogens (tertiary/aromatic N) is 3. The van der Waals surface area contributed by atoms with Crippen LogP contribution in [0.4, 0.5) is 4.79 Å². The molecule has 0 aromatic heterocycles. The minimum Gasteiger partial charge on any atom is -0.440 e. The first-order valence-electron chi connectivity index (χ1n) is 15.0. The number of hydrogen-bond donors (Lipinski definition) is 0. The summed E-state index contributed by atoms with van der Waals surface area (Å²) in [7, 11) is 0. The number of likely N-dealkylation sites (tertiary alicyclic amines) is 2. The summed E-state index contributed by atoms with van der Waals surface area (Å²) in [6.07, 6.45) is 12.5. The predicted molar refractivity (Wildman–Crippen MR) is 154 cm³/mol. The van der Waals surface area contributed by atoms with Gasteiger partial charge in [-0.15, -0.1) is 12.4 Å². The summed E-state index contributed by atoms with van der Waals surface area (Å²) in [4.78, 5) is 33.2. The van der Waals surface area contributed by atoms with Gasteiger partial charge in [0.25, 0.3) is 5.91 Å². The van der Waals surface area contributed by atoms with Gasteiger partial charge in [0.2, 0.25) is 0 Å². The molecular formula is C31H48ClN3O3. The molecule has 4 aliphatic rings. The molecule has 1 aliphatic carbocycles. The van der Waals surface area contributed by atoms with E-state index in [1.54, 1.807) is 0 Å². The molecule has 0 bridgehead atoms. The third kappa shape index (κ3) is 5.86. The maximum atomic E-state index is 13.3. The highest BCUT2D eigenvalue weighted by Crippen LogP contribution is 2.42. The van der Waals surface area contributed by atoms with Crippen LogP contribution in [0.1, 0.15) is 99.0 Å². The van der Waals surface area contributed by atoms with E-state index in [4.69, 9.17) is 4.74 Å². The highest BCUT2D eigenvalue weighted by molar-refractivity contribution is 5.97. The summed E-state index contributed by atoms with van der Waals surface area (Å²) >= 11 is 0. The number of rotatable bonds is 6. The van der Waals surface area contributed by atoms with Crippen LogP contribution in [0.3, 0.4) is 0 Å². The molecule has 1 aromatic rings. The second-order valence-corrected chi connectivity index (χ2v) is 12.2. The normalized spacial score (nSPS) is 24.9. The van der Waals surface area contributed by atoms with Crippen molar-refractivity contribution in [3.05, 3.63) is 34.9 Å². The van der Waals surface area contributed by atoms with Gasteiger partial charge in [0.05, 0.1) is 6.04 Å². The van der Waals surface area contributed by atoms with E-state index in [1.807, 2.05) is 32.0 Å². The van der Waals surface area contributed by atoms with Gasteiger partial charge in [-0.2, -0.15) is 0 Å². The summed E-state index contributed by atoms with van der Waals surface area (Å²) in [6, 6.07) is 6.84.